The van der Waals surface area contributed by atoms with Crippen LogP contribution in [0.4, 0.5) is 5.13 Å². The van der Waals surface area contributed by atoms with Crippen LogP contribution in [-0.4, -0.2) is 27.0 Å². The van der Waals surface area contributed by atoms with E-state index in [1.54, 1.807) is 60.7 Å². The minimum Gasteiger partial charge on any atom is -0.507 e. The molecule has 1 unspecified atom stereocenters. The summed E-state index contributed by atoms with van der Waals surface area (Å²) in [6, 6.07) is 26.8. The van der Waals surface area contributed by atoms with Crippen molar-refractivity contribution in [2.45, 2.75) is 16.1 Å². The van der Waals surface area contributed by atoms with E-state index in [9.17, 15) is 14.7 Å². The number of ether oxygens (including phenoxy) is 1. The molecular weight excluding hydrogens is 661 g/mol. The standard InChI is InChI=1S/C32H20Cl3N3O4S2/c33-21-12-9-18(10-13-21)28(39)26-27(19-5-4-8-24(15-19)42-23-6-2-1-3-7-23)38(30(41)29(26)40)31-36-37-32(44-31)43-17-20-11-14-22(34)16-25(20)35/h1-16,27,39H,17H2/b28-26-. The summed E-state index contributed by atoms with van der Waals surface area (Å²) in [7, 11) is 0. The van der Waals surface area contributed by atoms with Gasteiger partial charge in [-0.2, -0.15) is 0 Å². The van der Waals surface area contributed by atoms with Crippen LogP contribution < -0.4 is 9.64 Å². The zero-order valence-electron chi connectivity index (χ0n) is 22.5. The molecule has 0 saturated carbocycles. The van der Waals surface area contributed by atoms with Crippen LogP contribution in [0, 0.1) is 0 Å². The number of hydrogen-bond donors (Lipinski definition) is 1. The van der Waals surface area contributed by atoms with Gasteiger partial charge in [0.05, 0.1) is 11.6 Å². The molecule has 1 N–H and O–H groups in total. The summed E-state index contributed by atoms with van der Waals surface area (Å²) in [6.07, 6.45) is 0. The number of carbonyl (C=O) groups is 2. The fraction of sp³-hybridized carbons (Fsp3) is 0.0625. The van der Waals surface area contributed by atoms with Crippen LogP contribution in [0.3, 0.4) is 0 Å². The molecule has 1 aliphatic heterocycles. The fourth-order valence-electron chi connectivity index (χ4n) is 4.62. The number of anilines is 1. The molecule has 12 heteroatoms. The Morgan fingerprint density at radius 2 is 1.59 bits per heavy atom. The van der Waals surface area contributed by atoms with E-state index in [4.69, 9.17) is 39.5 Å². The van der Waals surface area contributed by atoms with Crippen LogP contribution in [-0.2, 0) is 15.3 Å². The molecule has 1 fully saturated rings. The lowest BCUT2D eigenvalue weighted by Crippen LogP contribution is -2.29. The number of ketones is 1. The lowest BCUT2D eigenvalue weighted by atomic mass is 9.95. The zero-order chi connectivity index (χ0) is 30.8. The molecule has 0 spiro atoms. The lowest BCUT2D eigenvalue weighted by Gasteiger charge is -2.23. The molecule has 44 heavy (non-hydrogen) atoms. The van der Waals surface area contributed by atoms with E-state index in [0.29, 0.717) is 47.8 Å². The van der Waals surface area contributed by atoms with E-state index in [2.05, 4.69) is 10.2 Å². The summed E-state index contributed by atoms with van der Waals surface area (Å²) in [5, 5.41) is 21.7. The monoisotopic (exact) mass is 679 g/mol. The van der Waals surface area contributed by atoms with Crippen molar-refractivity contribution >= 4 is 80.5 Å². The summed E-state index contributed by atoms with van der Waals surface area (Å²) in [5.41, 5.74) is 1.64. The van der Waals surface area contributed by atoms with Gasteiger partial charge < -0.3 is 9.84 Å². The van der Waals surface area contributed by atoms with E-state index in [1.807, 2.05) is 36.4 Å². The predicted octanol–water partition coefficient (Wildman–Crippen LogP) is 9.21. The van der Waals surface area contributed by atoms with E-state index in [0.717, 1.165) is 16.9 Å². The minimum absolute atomic E-state index is 0.0912. The topological polar surface area (TPSA) is 92.6 Å². The number of aliphatic hydroxyl groups is 1. The zero-order valence-corrected chi connectivity index (χ0v) is 26.4. The van der Waals surface area contributed by atoms with Gasteiger partial charge in [0.1, 0.15) is 17.3 Å². The molecular formula is C32H20Cl3N3O4S2. The van der Waals surface area contributed by atoms with Crippen LogP contribution in [0.1, 0.15) is 22.7 Å². The number of hydrogen-bond acceptors (Lipinski definition) is 8. The number of rotatable bonds is 8. The highest BCUT2D eigenvalue weighted by molar-refractivity contribution is 8.00. The summed E-state index contributed by atoms with van der Waals surface area (Å²) in [5.74, 6) is -0.436. The molecule has 5 aromatic rings. The number of Topliss-reactive ketones (excluding diaryl/α,β-unsaturated/α-hetero) is 1. The second-order valence-corrected chi connectivity index (χ2v) is 13.0. The molecule has 1 aromatic heterocycles. The van der Waals surface area contributed by atoms with Gasteiger partial charge in [-0.05, 0) is 71.8 Å². The van der Waals surface area contributed by atoms with Crippen molar-refractivity contribution in [1.82, 2.24) is 10.2 Å². The highest BCUT2D eigenvalue weighted by Crippen LogP contribution is 2.45. The minimum atomic E-state index is -1.01. The molecule has 0 bridgehead atoms. The average molecular weight is 681 g/mol. The summed E-state index contributed by atoms with van der Waals surface area (Å²) in [4.78, 5) is 28.5. The molecule has 0 aliphatic carbocycles. The number of aromatic nitrogens is 2. The third kappa shape index (κ3) is 6.33. The van der Waals surface area contributed by atoms with Crippen molar-refractivity contribution in [2.24, 2.45) is 0 Å². The van der Waals surface area contributed by atoms with Gasteiger partial charge >= 0.3 is 5.91 Å². The SMILES string of the molecule is O=C1C(=O)N(c2nnc(SCc3ccc(Cl)cc3Cl)s2)C(c2cccc(Oc3ccccc3)c2)/C1=C(/O)c1ccc(Cl)cc1. The maximum absolute atomic E-state index is 13.6. The van der Waals surface area contributed by atoms with Crippen molar-refractivity contribution < 1.29 is 19.4 Å². The summed E-state index contributed by atoms with van der Waals surface area (Å²) in [6.45, 7) is 0. The lowest BCUT2D eigenvalue weighted by molar-refractivity contribution is -0.132. The van der Waals surface area contributed by atoms with E-state index >= 15 is 0 Å². The maximum Gasteiger partial charge on any atom is 0.301 e. The Morgan fingerprint density at radius 3 is 2.34 bits per heavy atom. The number of benzene rings is 4. The molecule has 1 aliphatic rings. The van der Waals surface area contributed by atoms with Gasteiger partial charge in [-0.3, -0.25) is 14.5 Å². The third-order valence-corrected chi connectivity index (χ3v) is 9.63. The quantitative estimate of drug-likeness (QED) is 0.0574. The Hall–Kier alpha value is -3.86. The molecule has 1 saturated heterocycles. The van der Waals surface area contributed by atoms with Gasteiger partial charge in [0.15, 0.2) is 4.34 Å². The molecule has 220 valence electrons. The van der Waals surface area contributed by atoms with Crippen molar-refractivity contribution in [3.8, 4) is 11.5 Å². The molecule has 2 heterocycles. The number of thioether (sulfide) groups is 1. The normalized spacial score (nSPS) is 16.0. The highest BCUT2D eigenvalue weighted by Gasteiger charge is 2.48. The number of aliphatic hydroxyl groups excluding tert-OH is 1. The molecule has 1 amide bonds. The molecule has 4 aromatic carbocycles. The first-order valence-electron chi connectivity index (χ1n) is 13.1. The fourth-order valence-corrected chi connectivity index (χ4v) is 7.17. The third-order valence-electron chi connectivity index (χ3n) is 6.68. The second-order valence-electron chi connectivity index (χ2n) is 9.54. The largest absolute Gasteiger partial charge is 0.507 e. The Labute approximate surface area is 275 Å². The van der Waals surface area contributed by atoms with Gasteiger partial charge in [0.2, 0.25) is 5.13 Å². The Kier molecular flexibility index (Phi) is 8.93. The number of nitrogens with zero attached hydrogens (tertiary/aromatic N) is 3. The average Bonchev–Trinajstić information content (AvgIpc) is 3.59. The van der Waals surface area contributed by atoms with Crippen LogP contribution in [0.2, 0.25) is 15.1 Å². The number of carbonyl (C=O) groups excluding carboxylic acids is 2. The van der Waals surface area contributed by atoms with Crippen LogP contribution in [0.5, 0.6) is 11.5 Å². The number of para-hydroxylation sites is 1. The molecule has 6 rings (SSSR count). The Balaban J connectivity index is 1.39. The van der Waals surface area contributed by atoms with Crippen molar-refractivity contribution in [3.05, 3.63) is 134 Å². The molecule has 0 radical (unpaired) electrons. The maximum atomic E-state index is 13.6. The van der Waals surface area contributed by atoms with E-state index in [-0.39, 0.29) is 16.5 Å². The molecule has 7 nitrogen and oxygen atoms in total. The first kappa shape index (κ1) is 30.2. The van der Waals surface area contributed by atoms with Gasteiger partial charge in [-0.25, -0.2) is 0 Å². The van der Waals surface area contributed by atoms with E-state index < -0.39 is 17.7 Å². The van der Waals surface area contributed by atoms with Crippen molar-refractivity contribution in [1.29, 1.82) is 0 Å². The number of amides is 1. The highest BCUT2D eigenvalue weighted by atomic mass is 35.5. The van der Waals surface area contributed by atoms with E-state index in [1.165, 1.54) is 16.7 Å². The first-order valence-corrected chi connectivity index (χ1v) is 16.0. The summed E-state index contributed by atoms with van der Waals surface area (Å²) < 4.78 is 6.59. The molecule has 1 atom stereocenters. The van der Waals surface area contributed by atoms with Crippen LogP contribution in [0.15, 0.2) is 107 Å². The van der Waals surface area contributed by atoms with Crippen LogP contribution >= 0.6 is 57.9 Å². The Bertz CT molecular complexity index is 1900. The van der Waals surface area contributed by atoms with Gasteiger partial charge in [-0.1, -0.05) is 94.3 Å². The van der Waals surface area contributed by atoms with Gasteiger partial charge in [0.25, 0.3) is 5.78 Å². The van der Waals surface area contributed by atoms with Crippen molar-refractivity contribution in [2.75, 3.05) is 4.90 Å². The van der Waals surface area contributed by atoms with Gasteiger partial charge in [0, 0.05) is 26.4 Å². The van der Waals surface area contributed by atoms with Gasteiger partial charge in [-0.15, -0.1) is 10.2 Å². The second kappa shape index (κ2) is 13.0. The first-order chi connectivity index (χ1) is 21.3. The van der Waals surface area contributed by atoms with Crippen molar-refractivity contribution in [3.63, 3.8) is 0 Å². The smallest absolute Gasteiger partial charge is 0.301 e. The van der Waals surface area contributed by atoms with Crippen LogP contribution in [0.25, 0.3) is 5.76 Å². The number of halogens is 3. The summed E-state index contributed by atoms with van der Waals surface area (Å²) >= 11 is 20.9. The Morgan fingerprint density at radius 1 is 0.864 bits per heavy atom. The predicted molar refractivity (Wildman–Crippen MR) is 175 cm³/mol.